The van der Waals surface area contributed by atoms with E-state index in [1.807, 2.05) is 172 Å². The maximum Gasteiger partial charge on any atom is 0.164 e. The Morgan fingerprint density at radius 3 is 0.836 bits per heavy atom. The van der Waals surface area contributed by atoms with Crippen LogP contribution >= 0.6 is 0 Å². The zero-order valence-corrected chi connectivity index (χ0v) is 96.4. The van der Waals surface area contributed by atoms with Crippen LogP contribution in [0, 0.1) is 165 Å². The van der Waals surface area contributed by atoms with Crippen LogP contribution in [0.3, 0.4) is 0 Å². The van der Waals surface area contributed by atoms with Crippen molar-refractivity contribution in [2.45, 2.75) is 263 Å². The largest absolute Gasteiger partial charge is 0.512 e. The summed E-state index contributed by atoms with van der Waals surface area (Å²) in [6, 6.07) is 68.5. The summed E-state index contributed by atoms with van der Waals surface area (Å²) in [5, 5.41) is 43.0. The van der Waals surface area contributed by atoms with Gasteiger partial charge in [0.15, 0.2) is 23.1 Å². The van der Waals surface area contributed by atoms with Crippen molar-refractivity contribution in [2.75, 3.05) is 0 Å². The van der Waals surface area contributed by atoms with Crippen LogP contribution in [0.1, 0.15) is 244 Å². The van der Waals surface area contributed by atoms with Crippen molar-refractivity contribution in [1.29, 1.82) is 0 Å². The molecule has 4 radical (unpaired) electrons. The zero-order chi connectivity index (χ0) is 98.8. The number of fused-ring (bicyclic) bond motifs is 4. The molecule has 0 atom stereocenters. The Hall–Kier alpha value is -9.16. The Bertz CT molecular complexity index is 5960. The Balaban J connectivity index is 0.000000769. The second-order valence-corrected chi connectivity index (χ2v) is 42.8. The molecular weight excluding hydrogens is 2370 g/mol. The van der Waals surface area contributed by atoms with Crippen LogP contribution in [-0.2, 0) is 99.6 Å². The van der Waals surface area contributed by atoms with E-state index in [0.717, 1.165) is 78.2 Å². The Morgan fingerprint density at radius 2 is 0.537 bits per heavy atom. The smallest absolute Gasteiger partial charge is 0.164 e. The molecule has 12 rings (SSSR count). The first-order valence-corrected chi connectivity index (χ1v) is 44.9. The van der Waals surface area contributed by atoms with E-state index in [1.54, 1.807) is 0 Å². The fraction of sp³-hybridized carbons (Fsp3) is 0.390. The number of allylic oxidation sites excluding steroid dienone is 8. The van der Waals surface area contributed by atoms with Crippen molar-refractivity contribution in [1.82, 2.24) is 19.9 Å². The first kappa shape index (κ1) is 123. The van der Waals surface area contributed by atoms with Crippen molar-refractivity contribution in [3.05, 3.63) is 307 Å². The summed E-state index contributed by atoms with van der Waals surface area (Å²) in [6.07, 6.45) is 5.33. The molecule has 0 unspecified atom stereocenters. The molecule has 0 aliphatic rings. The fourth-order valence-corrected chi connectivity index (χ4v) is 12.0. The second kappa shape index (κ2) is 51.3. The Labute approximate surface area is 858 Å². The summed E-state index contributed by atoms with van der Waals surface area (Å²) in [4.78, 5) is 65.0. The fourth-order valence-electron chi connectivity index (χ4n) is 12.0. The van der Waals surface area contributed by atoms with Crippen molar-refractivity contribution in [3.63, 3.8) is 0 Å². The van der Waals surface area contributed by atoms with E-state index in [4.69, 9.17) is 19.9 Å². The van der Waals surface area contributed by atoms with Gasteiger partial charge in [-0.3, -0.25) is 39.1 Å². The molecule has 728 valence electrons. The molecule has 12 nitrogen and oxygen atoms in total. The summed E-state index contributed by atoms with van der Waals surface area (Å²) in [5.74, 6) is 0.416. The number of carbonyl (C=O) groups is 4. The third kappa shape index (κ3) is 38.8. The summed E-state index contributed by atoms with van der Waals surface area (Å²) in [6.45, 7) is 74.1. The van der Waals surface area contributed by atoms with Gasteiger partial charge in [-0.2, -0.15) is 0 Å². The molecule has 16 heteroatoms. The van der Waals surface area contributed by atoms with Gasteiger partial charge < -0.3 is 20.4 Å². The van der Waals surface area contributed by atoms with E-state index >= 15 is 0 Å². The molecule has 4 N–H and O–H groups in total. The van der Waals surface area contributed by atoms with Crippen LogP contribution in [0.15, 0.2) is 205 Å². The van der Waals surface area contributed by atoms with Gasteiger partial charge in [-0.1, -0.05) is 330 Å². The predicted octanol–water partition coefficient (Wildman–Crippen LogP) is 31.5. The number of ketones is 4. The predicted molar refractivity (Wildman–Crippen MR) is 549 cm³/mol. The van der Waals surface area contributed by atoms with Gasteiger partial charge in [0, 0.05) is 148 Å². The summed E-state index contributed by atoms with van der Waals surface area (Å²) >= 11 is 0. The average Bonchev–Trinajstić information content (AvgIpc) is 0.880. The molecule has 12 aromatic rings. The maximum atomic E-state index is 11.5. The number of aliphatic hydroxyl groups is 4. The first-order chi connectivity index (χ1) is 59.5. The molecule has 8 aromatic carbocycles. The van der Waals surface area contributed by atoms with E-state index in [2.05, 4.69) is 273 Å². The van der Waals surface area contributed by atoms with Gasteiger partial charge in [-0.15, -0.1) is 139 Å². The van der Waals surface area contributed by atoms with E-state index in [9.17, 15) is 39.6 Å². The molecule has 0 fully saturated rings. The minimum Gasteiger partial charge on any atom is -0.512 e. The monoisotopic (exact) mass is 2520 g/mol. The van der Waals surface area contributed by atoms with Crippen molar-refractivity contribution >= 4 is 66.7 Å². The molecule has 0 amide bonds. The molecule has 0 spiro atoms. The number of carbonyl (C=O) groups excluding carboxylic acids is 4. The minimum absolute atomic E-state index is 0. The number of hydrogen-bond acceptors (Lipinski definition) is 12. The minimum atomic E-state index is -0.417. The topological polar surface area (TPSA) is 201 Å². The molecule has 0 bridgehead atoms. The standard InChI is InChI=1S/2C19H18N.2C18H16N.4C11H20O2.4Ir/c1-12-5-9-18-16(11-12)7-10-19(20-18)17-8-6-13(2)14(3)15(17)4;1-12-5-7-18-16(10-12)6-8-19(20-18)17-11-13(2)9-14(3)15(17)4;1-12-4-8-17-15(10-12)7-9-18(19-17)16-6-5-13(2)14(3)11-16;1-12-4-6-17-15(9-12)5-7-18(19-17)16-10-13(2)8-14(3)11-16;4*1-10(2,3)8(12)7-9(13)11(4,5)6;;;;/h5-7,9-11H,1-4H3;5-10H,1-4H3;4-5,7-11H,1-3H3;4-10H,1-3H3;4*7,12H,1-6H3;;;;/q4*-1;;;;;;;;. The number of pyridine rings is 4. The molecule has 0 saturated carbocycles. The normalized spacial score (nSPS) is 12.0. The van der Waals surface area contributed by atoms with Gasteiger partial charge in [0.05, 0.1) is 22.1 Å². The van der Waals surface area contributed by atoms with Gasteiger partial charge in [-0.05, 0) is 121 Å². The van der Waals surface area contributed by atoms with Crippen LogP contribution in [0.4, 0.5) is 0 Å². The molecule has 0 saturated heterocycles. The third-order valence-electron chi connectivity index (χ3n) is 21.8. The van der Waals surface area contributed by atoms with Gasteiger partial charge in [0.25, 0.3) is 0 Å². The Kier molecular flexibility index (Phi) is 47.0. The first-order valence-electron chi connectivity index (χ1n) is 44.9. The molecule has 4 heterocycles. The molecule has 0 aliphatic carbocycles. The van der Waals surface area contributed by atoms with E-state index < -0.39 is 21.7 Å². The summed E-state index contributed by atoms with van der Waals surface area (Å²) in [7, 11) is 0. The van der Waals surface area contributed by atoms with E-state index in [-0.39, 0.29) is 148 Å². The van der Waals surface area contributed by atoms with Crippen LogP contribution < -0.4 is 0 Å². The number of benzene rings is 8. The number of rotatable bonds is 8. The summed E-state index contributed by atoms with van der Waals surface area (Å²) < 4.78 is 0. The average molecular weight is 2520 g/mol. The number of nitrogens with zero attached hydrogens (tertiary/aromatic N) is 4. The molecule has 0 aliphatic heterocycles. The molecule has 4 aromatic heterocycles. The Morgan fingerprint density at radius 1 is 0.254 bits per heavy atom. The van der Waals surface area contributed by atoms with Gasteiger partial charge in [-0.25, -0.2) is 0 Å². The van der Waals surface area contributed by atoms with Crippen molar-refractivity contribution < 1.29 is 120 Å². The summed E-state index contributed by atoms with van der Waals surface area (Å²) in [5.41, 5.74) is 27.0. The molecular formula is C118H148Ir4N4O8-4. The number of aliphatic hydroxyl groups excluding tert-OH is 4. The maximum absolute atomic E-state index is 11.5. The van der Waals surface area contributed by atoms with E-state index in [1.165, 1.54) is 113 Å². The van der Waals surface area contributed by atoms with Gasteiger partial charge in [0.2, 0.25) is 0 Å². The molecule has 134 heavy (non-hydrogen) atoms. The van der Waals surface area contributed by atoms with Crippen LogP contribution in [0.2, 0.25) is 0 Å². The number of aromatic nitrogens is 4. The second-order valence-electron chi connectivity index (χ2n) is 42.8. The van der Waals surface area contributed by atoms with Gasteiger partial charge >= 0.3 is 0 Å². The van der Waals surface area contributed by atoms with E-state index in [0.29, 0.717) is 0 Å². The van der Waals surface area contributed by atoms with Gasteiger partial charge in [0.1, 0.15) is 23.0 Å². The number of aryl methyl sites for hydroxylation is 11. The zero-order valence-electron chi connectivity index (χ0n) is 86.9. The van der Waals surface area contributed by atoms with Crippen LogP contribution in [-0.4, -0.2) is 63.5 Å². The SMILES string of the molecule is CC(C)(C)C(=O)C=C(O)C(C)(C)C.CC(C)(C)C(=O)C=C(O)C(C)(C)C.CC(C)(C)C(=O)C=C(O)C(C)(C)C.CC(C)(C)C(=O)C=C(O)C(C)(C)C.Cc1[c-]c(-c2ccc3cc(C)ccc3n2)c(C)c(C)c1.Cc1[c-]c(-c2ccc3cc(C)ccc3n2)cc(C)c1.Cc1ccc2nc(-c3[c-]cc(C)c(C)c3)ccc2c1.Cc1ccc2nc(-c3[c-]cc(C)c(C)c3C)ccc2c1.[Ir].[Ir].[Ir].[Ir]. The van der Waals surface area contributed by atoms with Crippen LogP contribution in [0.5, 0.6) is 0 Å². The van der Waals surface area contributed by atoms with Crippen molar-refractivity contribution in [2.24, 2.45) is 43.3 Å². The number of hydrogen-bond donors (Lipinski definition) is 4. The van der Waals surface area contributed by atoms with Crippen molar-refractivity contribution in [3.8, 4) is 45.0 Å². The third-order valence-corrected chi connectivity index (χ3v) is 21.8. The van der Waals surface area contributed by atoms with Crippen LogP contribution in [0.25, 0.3) is 88.6 Å². The quantitative estimate of drug-likeness (QED) is 0.0638.